The number of fused-ring (bicyclic) bond motifs is 2. The van der Waals surface area contributed by atoms with E-state index >= 15 is 0 Å². The van der Waals surface area contributed by atoms with E-state index in [2.05, 4.69) is 11.0 Å². The first-order chi connectivity index (χ1) is 14.6. The molecule has 1 saturated heterocycles. The molecule has 3 fully saturated rings. The average molecular weight is 405 g/mol. The Morgan fingerprint density at radius 1 is 1.03 bits per heavy atom. The van der Waals surface area contributed by atoms with Crippen molar-refractivity contribution in [2.45, 2.75) is 50.5 Å². The van der Waals surface area contributed by atoms with Crippen LogP contribution in [0.2, 0.25) is 0 Å². The molecule has 2 aliphatic carbocycles. The second-order valence-corrected chi connectivity index (χ2v) is 9.42. The topological polar surface area (TPSA) is 55.6 Å². The Morgan fingerprint density at radius 3 is 2.50 bits per heavy atom. The molecule has 2 N–H and O–H groups in total. The quantitative estimate of drug-likeness (QED) is 0.777. The van der Waals surface area contributed by atoms with Gasteiger partial charge in [-0.25, -0.2) is 0 Å². The van der Waals surface area contributed by atoms with E-state index in [9.17, 15) is 4.79 Å². The molecular weight excluding hydrogens is 372 g/mol. The lowest BCUT2D eigenvalue weighted by Crippen LogP contribution is -2.43. The molecule has 3 aliphatic rings. The number of benzene rings is 2. The molecule has 2 bridgehead atoms. The monoisotopic (exact) mass is 404 g/mol. The smallest absolute Gasteiger partial charge is 0.249 e. The number of ether oxygens (including phenoxy) is 1. The van der Waals surface area contributed by atoms with Crippen LogP contribution in [0, 0.1) is 11.8 Å². The Labute approximate surface area is 179 Å². The molecule has 1 heterocycles. The molecule has 4 heteroatoms. The lowest BCUT2D eigenvalue weighted by molar-refractivity contribution is 0.100. The van der Waals surface area contributed by atoms with Gasteiger partial charge in [-0.3, -0.25) is 4.79 Å². The number of nitrogens with zero attached hydrogens (tertiary/aromatic N) is 1. The van der Waals surface area contributed by atoms with Crippen LogP contribution in [0.15, 0.2) is 42.5 Å². The van der Waals surface area contributed by atoms with Crippen molar-refractivity contribution in [2.24, 2.45) is 17.6 Å². The highest BCUT2D eigenvalue weighted by Gasteiger charge is 2.43. The van der Waals surface area contributed by atoms with Gasteiger partial charge in [0.05, 0.1) is 7.11 Å². The van der Waals surface area contributed by atoms with Gasteiger partial charge in [0, 0.05) is 11.6 Å². The Bertz CT molecular complexity index is 932. The fourth-order valence-corrected chi connectivity index (χ4v) is 6.37. The minimum absolute atomic E-state index is 0.387. The van der Waals surface area contributed by atoms with Crippen LogP contribution in [0.4, 0.5) is 0 Å². The zero-order valence-corrected chi connectivity index (χ0v) is 17.8. The van der Waals surface area contributed by atoms with Crippen LogP contribution in [-0.2, 0) is 0 Å². The maximum Gasteiger partial charge on any atom is 0.249 e. The molecule has 1 amide bonds. The number of amides is 1. The van der Waals surface area contributed by atoms with E-state index in [1.807, 2.05) is 30.3 Å². The Hall–Kier alpha value is -2.33. The molecule has 2 aromatic rings. The highest BCUT2D eigenvalue weighted by atomic mass is 16.5. The number of hydrogen-bond donors (Lipinski definition) is 1. The molecule has 5 rings (SSSR count). The fourth-order valence-electron chi connectivity index (χ4n) is 6.37. The Kier molecular flexibility index (Phi) is 5.28. The van der Waals surface area contributed by atoms with Gasteiger partial charge < -0.3 is 15.4 Å². The van der Waals surface area contributed by atoms with Crippen LogP contribution >= 0.6 is 0 Å². The van der Waals surface area contributed by atoms with E-state index in [0.29, 0.717) is 11.5 Å². The molecule has 158 valence electrons. The molecule has 0 spiro atoms. The molecule has 0 unspecified atom stereocenters. The number of piperidine rings is 1. The van der Waals surface area contributed by atoms with Gasteiger partial charge in [0.1, 0.15) is 5.75 Å². The van der Waals surface area contributed by atoms with Crippen molar-refractivity contribution in [3.05, 3.63) is 53.6 Å². The van der Waals surface area contributed by atoms with Gasteiger partial charge in [-0.05, 0) is 97.8 Å². The number of nitrogens with two attached hydrogens (primary N) is 1. The number of methoxy groups -OCH3 is 1. The number of likely N-dealkylation sites (tertiary alicyclic amines) is 1. The maximum atomic E-state index is 11.9. The summed E-state index contributed by atoms with van der Waals surface area (Å²) in [6.07, 6.45) is 8.16. The van der Waals surface area contributed by atoms with Crippen molar-refractivity contribution in [2.75, 3.05) is 20.2 Å². The summed E-state index contributed by atoms with van der Waals surface area (Å²) in [6.45, 7) is 2.37. The highest BCUT2D eigenvalue weighted by Crippen LogP contribution is 2.48. The summed E-state index contributed by atoms with van der Waals surface area (Å²) >= 11 is 0. The van der Waals surface area contributed by atoms with E-state index < -0.39 is 0 Å². The number of carbonyl (C=O) groups is 1. The van der Waals surface area contributed by atoms with Crippen LogP contribution in [0.25, 0.3) is 11.1 Å². The summed E-state index contributed by atoms with van der Waals surface area (Å²) < 4.78 is 5.73. The van der Waals surface area contributed by atoms with Gasteiger partial charge in [-0.15, -0.1) is 0 Å². The predicted octanol–water partition coefficient (Wildman–Crippen LogP) is 4.83. The first kappa shape index (κ1) is 19.6. The standard InChI is InChI=1S/C26H32N2O2/c1-30-25-9-8-19(21-4-2-3-5-22(21)26(27)29)16-23(25)18-10-12-28(13-11-18)24-15-17-6-7-20(24)14-17/h2-5,8-9,16-18,20,24H,6-7,10-15H2,1H3,(H2,27,29)/t17-,20-,24-/m0/s1. The van der Waals surface area contributed by atoms with Crippen LogP contribution in [0.5, 0.6) is 5.75 Å². The van der Waals surface area contributed by atoms with E-state index in [4.69, 9.17) is 10.5 Å². The van der Waals surface area contributed by atoms with Crippen LogP contribution in [0.3, 0.4) is 0 Å². The molecule has 1 aliphatic heterocycles. The molecule has 30 heavy (non-hydrogen) atoms. The van der Waals surface area contributed by atoms with E-state index in [1.54, 1.807) is 13.2 Å². The largest absolute Gasteiger partial charge is 0.496 e. The second-order valence-electron chi connectivity index (χ2n) is 9.42. The molecular formula is C26H32N2O2. The van der Waals surface area contributed by atoms with Gasteiger partial charge in [0.25, 0.3) is 0 Å². The summed E-state index contributed by atoms with van der Waals surface area (Å²) in [5.41, 5.74) is 9.39. The zero-order chi connectivity index (χ0) is 20.7. The minimum Gasteiger partial charge on any atom is -0.496 e. The van der Waals surface area contributed by atoms with Crippen LogP contribution in [-0.4, -0.2) is 37.0 Å². The molecule has 0 aromatic heterocycles. The number of hydrogen-bond acceptors (Lipinski definition) is 3. The van der Waals surface area contributed by atoms with Gasteiger partial charge in [0.15, 0.2) is 0 Å². The summed E-state index contributed by atoms with van der Waals surface area (Å²) in [4.78, 5) is 14.7. The fraction of sp³-hybridized carbons (Fsp3) is 0.500. The molecule has 3 atom stereocenters. The summed E-state index contributed by atoms with van der Waals surface area (Å²) in [6, 6.07) is 14.7. The Balaban J connectivity index is 1.37. The molecule has 2 saturated carbocycles. The minimum atomic E-state index is -0.387. The van der Waals surface area contributed by atoms with Gasteiger partial charge >= 0.3 is 0 Å². The lowest BCUT2D eigenvalue weighted by atomic mass is 9.84. The molecule has 0 radical (unpaired) electrons. The highest BCUT2D eigenvalue weighted by molar-refractivity contribution is 5.99. The second kappa shape index (κ2) is 8.07. The third-order valence-corrected chi connectivity index (χ3v) is 7.87. The number of carbonyl (C=O) groups excluding carboxylic acids is 1. The molecule has 4 nitrogen and oxygen atoms in total. The van der Waals surface area contributed by atoms with Crippen molar-refractivity contribution in [3.8, 4) is 16.9 Å². The normalized spacial score (nSPS) is 26.8. The third-order valence-electron chi connectivity index (χ3n) is 7.87. The van der Waals surface area contributed by atoms with E-state index in [1.165, 1.54) is 57.2 Å². The van der Waals surface area contributed by atoms with Crippen molar-refractivity contribution in [1.82, 2.24) is 4.90 Å². The maximum absolute atomic E-state index is 11.9. The third kappa shape index (κ3) is 3.51. The first-order valence-electron chi connectivity index (χ1n) is 11.4. The van der Waals surface area contributed by atoms with Crippen molar-refractivity contribution < 1.29 is 9.53 Å². The van der Waals surface area contributed by atoms with Crippen molar-refractivity contribution in [3.63, 3.8) is 0 Å². The number of rotatable bonds is 5. The van der Waals surface area contributed by atoms with Crippen LogP contribution in [0.1, 0.15) is 60.4 Å². The van der Waals surface area contributed by atoms with Gasteiger partial charge in [0.2, 0.25) is 5.91 Å². The first-order valence-corrected chi connectivity index (χ1v) is 11.4. The van der Waals surface area contributed by atoms with E-state index in [-0.39, 0.29) is 5.91 Å². The summed E-state index contributed by atoms with van der Waals surface area (Å²) in [7, 11) is 1.75. The van der Waals surface area contributed by atoms with Gasteiger partial charge in [-0.2, -0.15) is 0 Å². The van der Waals surface area contributed by atoms with Crippen molar-refractivity contribution in [1.29, 1.82) is 0 Å². The lowest BCUT2D eigenvalue weighted by Gasteiger charge is -2.40. The van der Waals surface area contributed by atoms with Crippen LogP contribution < -0.4 is 10.5 Å². The summed E-state index contributed by atoms with van der Waals surface area (Å²) in [5, 5.41) is 0. The zero-order valence-electron chi connectivity index (χ0n) is 17.8. The van der Waals surface area contributed by atoms with Gasteiger partial charge in [-0.1, -0.05) is 30.7 Å². The predicted molar refractivity (Wildman–Crippen MR) is 120 cm³/mol. The number of primary amides is 1. The van der Waals surface area contributed by atoms with E-state index in [0.717, 1.165) is 34.8 Å². The SMILES string of the molecule is COc1ccc(-c2ccccc2C(N)=O)cc1C1CCN([C@H]2C[C@H]3CC[C@H]2C3)CC1. The average Bonchev–Trinajstić information content (AvgIpc) is 3.43. The molecule has 2 aromatic carbocycles. The van der Waals surface area contributed by atoms with Crippen molar-refractivity contribution >= 4 is 5.91 Å². The Morgan fingerprint density at radius 2 is 1.83 bits per heavy atom. The summed E-state index contributed by atoms with van der Waals surface area (Å²) in [5.74, 6) is 3.01.